The second-order valence-corrected chi connectivity index (χ2v) is 9.75. The molecule has 0 radical (unpaired) electrons. The molecule has 7 nitrogen and oxygen atoms in total. The fourth-order valence-electron chi connectivity index (χ4n) is 3.74. The molecule has 2 aliphatic rings. The minimum atomic E-state index is -3.18. The molecule has 2 aliphatic heterocycles. The molecule has 2 saturated heterocycles. The maximum atomic E-state index is 13.0. The molecule has 2 unspecified atom stereocenters. The van der Waals surface area contributed by atoms with Crippen LogP contribution in [0.1, 0.15) is 29.6 Å². The van der Waals surface area contributed by atoms with Crippen molar-refractivity contribution in [3.63, 3.8) is 0 Å². The number of amides is 2. The minimum absolute atomic E-state index is 0.00776. The van der Waals surface area contributed by atoms with Gasteiger partial charge in [0, 0.05) is 19.0 Å². The standard InChI is InChI=1S/C18H23ClFN3O4S/c19-14-9-12(20)3-4-13(14)18(25)21-6-5-17(24)22-15-10-28(26,27)11-16(15)23-7-1-2-8-23/h3-4,9,15-16H,1-2,5-8,10-11H2,(H,21,25)(H,22,24). The Balaban J connectivity index is 1.50. The first-order valence-corrected chi connectivity index (χ1v) is 11.4. The minimum Gasteiger partial charge on any atom is -0.351 e. The van der Waals surface area contributed by atoms with Crippen LogP contribution in [0, 0.1) is 5.82 Å². The van der Waals surface area contributed by atoms with E-state index in [1.165, 1.54) is 6.07 Å². The van der Waals surface area contributed by atoms with Crippen molar-refractivity contribution in [2.75, 3.05) is 31.1 Å². The van der Waals surface area contributed by atoms with Crippen LogP contribution in [0.5, 0.6) is 0 Å². The summed E-state index contributed by atoms with van der Waals surface area (Å²) in [4.78, 5) is 26.5. The van der Waals surface area contributed by atoms with E-state index in [1.54, 1.807) is 0 Å². The molecule has 2 fully saturated rings. The Morgan fingerprint density at radius 2 is 1.93 bits per heavy atom. The zero-order valence-corrected chi connectivity index (χ0v) is 16.9. The van der Waals surface area contributed by atoms with E-state index < -0.39 is 27.6 Å². The lowest BCUT2D eigenvalue weighted by atomic mass is 10.1. The Hall–Kier alpha value is -1.71. The van der Waals surface area contributed by atoms with Gasteiger partial charge in [-0.3, -0.25) is 14.5 Å². The number of hydrogen-bond acceptors (Lipinski definition) is 5. The molecule has 1 aromatic rings. The molecule has 1 aromatic carbocycles. The average Bonchev–Trinajstić information content (AvgIpc) is 3.22. The molecule has 0 spiro atoms. The number of halogens is 2. The maximum Gasteiger partial charge on any atom is 0.252 e. The predicted molar refractivity (Wildman–Crippen MR) is 104 cm³/mol. The van der Waals surface area contributed by atoms with E-state index in [4.69, 9.17) is 11.6 Å². The Labute approximate surface area is 168 Å². The second-order valence-electron chi connectivity index (χ2n) is 7.19. The Morgan fingerprint density at radius 1 is 1.21 bits per heavy atom. The third kappa shape index (κ3) is 5.21. The highest BCUT2D eigenvalue weighted by molar-refractivity contribution is 7.91. The fourth-order valence-corrected chi connectivity index (χ4v) is 5.94. The maximum absolute atomic E-state index is 13.0. The Morgan fingerprint density at radius 3 is 2.61 bits per heavy atom. The molecule has 0 bridgehead atoms. The van der Waals surface area contributed by atoms with Crippen LogP contribution in [0.4, 0.5) is 4.39 Å². The molecule has 2 atom stereocenters. The van der Waals surface area contributed by atoms with Crippen molar-refractivity contribution in [1.29, 1.82) is 0 Å². The smallest absolute Gasteiger partial charge is 0.252 e. The topological polar surface area (TPSA) is 95.6 Å². The molecule has 3 rings (SSSR count). The zero-order valence-electron chi connectivity index (χ0n) is 15.3. The number of benzene rings is 1. The number of sulfone groups is 1. The number of carbonyl (C=O) groups excluding carboxylic acids is 2. The van der Waals surface area contributed by atoms with Crippen LogP contribution < -0.4 is 10.6 Å². The Kier molecular flexibility index (Phi) is 6.57. The second kappa shape index (κ2) is 8.75. The van der Waals surface area contributed by atoms with Gasteiger partial charge in [0.1, 0.15) is 5.82 Å². The summed E-state index contributed by atoms with van der Waals surface area (Å²) >= 11 is 5.84. The van der Waals surface area contributed by atoms with E-state index in [-0.39, 0.29) is 47.0 Å². The molecular weight excluding hydrogens is 409 g/mol. The number of carbonyl (C=O) groups is 2. The van der Waals surface area contributed by atoms with Gasteiger partial charge < -0.3 is 10.6 Å². The first-order chi connectivity index (χ1) is 13.2. The first kappa shape index (κ1) is 21.0. The molecule has 10 heteroatoms. The van der Waals surface area contributed by atoms with Gasteiger partial charge >= 0.3 is 0 Å². The molecule has 154 valence electrons. The van der Waals surface area contributed by atoms with Crippen LogP contribution >= 0.6 is 11.6 Å². The van der Waals surface area contributed by atoms with Gasteiger partial charge in [0.15, 0.2) is 9.84 Å². The summed E-state index contributed by atoms with van der Waals surface area (Å²) in [6, 6.07) is 2.83. The van der Waals surface area contributed by atoms with E-state index in [0.29, 0.717) is 0 Å². The SMILES string of the molecule is O=C(CCNC(=O)c1ccc(F)cc1Cl)NC1CS(=O)(=O)CC1N1CCCC1. The van der Waals surface area contributed by atoms with Crippen LogP contribution in [-0.2, 0) is 14.6 Å². The largest absolute Gasteiger partial charge is 0.351 e. The van der Waals surface area contributed by atoms with Gasteiger partial charge in [-0.25, -0.2) is 12.8 Å². The quantitative estimate of drug-likeness (QED) is 0.700. The monoisotopic (exact) mass is 431 g/mol. The van der Waals surface area contributed by atoms with E-state index in [9.17, 15) is 22.4 Å². The van der Waals surface area contributed by atoms with Gasteiger partial charge in [0.25, 0.3) is 5.91 Å². The highest BCUT2D eigenvalue weighted by Crippen LogP contribution is 2.22. The zero-order chi connectivity index (χ0) is 20.3. The van der Waals surface area contributed by atoms with Gasteiger partial charge in [-0.15, -0.1) is 0 Å². The summed E-state index contributed by atoms with van der Waals surface area (Å²) in [6.45, 7) is 1.76. The lowest BCUT2D eigenvalue weighted by Crippen LogP contribution is -2.50. The summed E-state index contributed by atoms with van der Waals surface area (Å²) in [5.74, 6) is -1.36. The van der Waals surface area contributed by atoms with Crippen molar-refractivity contribution >= 4 is 33.3 Å². The van der Waals surface area contributed by atoms with Gasteiger partial charge in [-0.1, -0.05) is 11.6 Å². The van der Waals surface area contributed by atoms with E-state index in [1.807, 2.05) is 0 Å². The van der Waals surface area contributed by atoms with Crippen molar-refractivity contribution in [2.24, 2.45) is 0 Å². The van der Waals surface area contributed by atoms with Gasteiger partial charge in [0.2, 0.25) is 5.91 Å². The first-order valence-electron chi connectivity index (χ1n) is 9.22. The number of rotatable bonds is 6. The van der Waals surface area contributed by atoms with Crippen LogP contribution in [-0.4, -0.2) is 68.4 Å². The predicted octanol–water partition coefficient (Wildman–Crippen LogP) is 0.977. The van der Waals surface area contributed by atoms with E-state index >= 15 is 0 Å². The van der Waals surface area contributed by atoms with Crippen molar-refractivity contribution in [2.45, 2.75) is 31.3 Å². The molecular formula is C18H23ClFN3O4S. The molecule has 2 N–H and O–H groups in total. The Bertz CT molecular complexity index is 858. The number of nitrogens with zero attached hydrogens (tertiary/aromatic N) is 1. The summed E-state index contributed by atoms with van der Waals surface area (Å²) in [6.07, 6.45) is 2.08. The lowest BCUT2D eigenvalue weighted by molar-refractivity contribution is -0.121. The van der Waals surface area contributed by atoms with Gasteiger partial charge in [-0.05, 0) is 44.1 Å². The van der Waals surface area contributed by atoms with Crippen LogP contribution in [0.15, 0.2) is 18.2 Å². The van der Waals surface area contributed by atoms with Crippen LogP contribution in [0.25, 0.3) is 0 Å². The molecule has 2 amide bonds. The highest BCUT2D eigenvalue weighted by atomic mass is 35.5. The normalized spacial score (nSPS) is 24.2. The summed E-state index contributed by atoms with van der Waals surface area (Å²) < 4.78 is 37.1. The van der Waals surface area contributed by atoms with Crippen molar-refractivity contribution in [1.82, 2.24) is 15.5 Å². The van der Waals surface area contributed by atoms with Gasteiger partial charge in [0.05, 0.1) is 28.1 Å². The molecule has 0 aliphatic carbocycles. The third-order valence-electron chi connectivity index (χ3n) is 5.09. The highest BCUT2D eigenvalue weighted by Gasteiger charge is 2.42. The van der Waals surface area contributed by atoms with E-state index in [0.717, 1.165) is 38.1 Å². The molecule has 0 saturated carbocycles. The summed E-state index contributed by atoms with van der Waals surface area (Å²) in [5, 5.41) is 5.36. The number of likely N-dealkylation sites (tertiary alicyclic amines) is 1. The average molecular weight is 432 g/mol. The molecule has 0 aromatic heterocycles. The number of nitrogens with one attached hydrogen (secondary N) is 2. The number of hydrogen-bond donors (Lipinski definition) is 2. The molecule has 28 heavy (non-hydrogen) atoms. The van der Waals surface area contributed by atoms with Gasteiger partial charge in [-0.2, -0.15) is 0 Å². The van der Waals surface area contributed by atoms with Crippen molar-refractivity contribution in [3.05, 3.63) is 34.6 Å². The molecule has 2 heterocycles. The van der Waals surface area contributed by atoms with E-state index in [2.05, 4.69) is 15.5 Å². The fraction of sp³-hybridized carbons (Fsp3) is 0.556. The van der Waals surface area contributed by atoms with Crippen molar-refractivity contribution in [3.8, 4) is 0 Å². The summed E-state index contributed by atoms with van der Waals surface area (Å²) in [7, 11) is -3.18. The van der Waals surface area contributed by atoms with Crippen LogP contribution in [0.2, 0.25) is 5.02 Å². The summed E-state index contributed by atoms with van der Waals surface area (Å²) in [5.41, 5.74) is 0.124. The van der Waals surface area contributed by atoms with Crippen molar-refractivity contribution < 1.29 is 22.4 Å². The van der Waals surface area contributed by atoms with Crippen LogP contribution in [0.3, 0.4) is 0 Å². The third-order valence-corrected chi connectivity index (χ3v) is 7.12. The lowest BCUT2D eigenvalue weighted by Gasteiger charge is -2.28.